The summed E-state index contributed by atoms with van der Waals surface area (Å²) >= 11 is 5.86. The Bertz CT molecular complexity index is 329. The normalized spacial score (nSPS) is 12.4. The molecule has 0 aliphatic carbocycles. The molecule has 0 unspecified atom stereocenters. The Hall–Kier alpha value is -0.820. The van der Waals surface area contributed by atoms with E-state index in [2.05, 4.69) is 6.92 Å². The van der Waals surface area contributed by atoms with Crippen molar-refractivity contribution < 1.29 is 4.79 Å². The molecule has 0 aromatic heterocycles. The Labute approximate surface area is 103 Å². The minimum atomic E-state index is 0.260. The van der Waals surface area contributed by atoms with Gasteiger partial charge in [-0.05, 0) is 37.0 Å². The average molecular weight is 239 g/mol. The van der Waals surface area contributed by atoms with Crippen LogP contribution in [0.5, 0.6) is 0 Å². The molecule has 0 radical (unpaired) electrons. The molecule has 0 fully saturated rings. The van der Waals surface area contributed by atoms with Crippen LogP contribution < -0.4 is 0 Å². The number of hydrogen-bond acceptors (Lipinski definition) is 1. The molecule has 1 atom stereocenters. The zero-order valence-electron chi connectivity index (χ0n) is 10.0. The number of Topliss-reactive ketones (excluding diaryl/α,β-unsaturated/α-hetero) is 1. The molecule has 1 rings (SSSR count). The highest BCUT2D eigenvalue weighted by Crippen LogP contribution is 2.27. The fourth-order valence-corrected chi connectivity index (χ4v) is 2.05. The minimum absolute atomic E-state index is 0.260. The highest BCUT2D eigenvalue weighted by molar-refractivity contribution is 6.30. The summed E-state index contributed by atoms with van der Waals surface area (Å²) in [7, 11) is 0. The zero-order chi connectivity index (χ0) is 12.0. The fraction of sp³-hybridized carbons (Fsp3) is 0.500. The first-order valence-electron chi connectivity index (χ1n) is 5.88. The standard InChI is InChI=1S/C14H19ClO/c1-3-4-5-13(10-11(2)16)12-6-8-14(15)9-7-12/h6-9,13H,3-5,10H2,1-2H3/t13-/m1/s1. The lowest BCUT2D eigenvalue weighted by Crippen LogP contribution is -2.04. The predicted octanol–water partition coefficient (Wildman–Crippen LogP) is 4.59. The van der Waals surface area contributed by atoms with Crippen molar-refractivity contribution in [3.8, 4) is 0 Å². The zero-order valence-corrected chi connectivity index (χ0v) is 10.8. The second-order valence-electron chi connectivity index (χ2n) is 4.30. The van der Waals surface area contributed by atoms with Crippen LogP contribution in [0.25, 0.3) is 0 Å². The van der Waals surface area contributed by atoms with Gasteiger partial charge in [0, 0.05) is 11.4 Å². The van der Waals surface area contributed by atoms with E-state index in [1.165, 1.54) is 18.4 Å². The molecule has 0 saturated carbocycles. The van der Waals surface area contributed by atoms with Gasteiger partial charge < -0.3 is 4.79 Å². The number of hydrogen-bond donors (Lipinski definition) is 0. The Morgan fingerprint density at radius 1 is 1.31 bits per heavy atom. The Morgan fingerprint density at radius 2 is 1.94 bits per heavy atom. The lowest BCUT2D eigenvalue weighted by Gasteiger charge is -2.15. The molecule has 0 heterocycles. The Morgan fingerprint density at radius 3 is 2.44 bits per heavy atom. The van der Waals surface area contributed by atoms with Gasteiger partial charge in [0.2, 0.25) is 0 Å². The van der Waals surface area contributed by atoms with Gasteiger partial charge in [-0.1, -0.05) is 43.5 Å². The number of rotatable bonds is 6. The van der Waals surface area contributed by atoms with E-state index in [-0.39, 0.29) is 5.78 Å². The van der Waals surface area contributed by atoms with E-state index in [4.69, 9.17) is 11.6 Å². The highest BCUT2D eigenvalue weighted by atomic mass is 35.5. The summed E-state index contributed by atoms with van der Waals surface area (Å²) in [5, 5.41) is 0.751. The van der Waals surface area contributed by atoms with Crippen LogP contribution in [0, 0.1) is 0 Å². The summed E-state index contributed by atoms with van der Waals surface area (Å²) in [6.45, 7) is 3.83. The molecule has 0 amide bonds. The molecule has 1 nitrogen and oxygen atoms in total. The monoisotopic (exact) mass is 238 g/mol. The van der Waals surface area contributed by atoms with Crippen LogP contribution in [0.3, 0.4) is 0 Å². The number of ketones is 1. The van der Waals surface area contributed by atoms with Gasteiger partial charge in [0.1, 0.15) is 5.78 Å². The molecule has 0 saturated heterocycles. The molecule has 0 N–H and O–H groups in total. The smallest absolute Gasteiger partial charge is 0.130 e. The van der Waals surface area contributed by atoms with Crippen molar-refractivity contribution in [3.05, 3.63) is 34.9 Å². The quantitative estimate of drug-likeness (QED) is 0.708. The van der Waals surface area contributed by atoms with Gasteiger partial charge in [0.15, 0.2) is 0 Å². The topological polar surface area (TPSA) is 17.1 Å². The van der Waals surface area contributed by atoms with Crippen molar-refractivity contribution >= 4 is 17.4 Å². The number of unbranched alkanes of at least 4 members (excludes halogenated alkanes) is 1. The van der Waals surface area contributed by atoms with Gasteiger partial charge in [-0.15, -0.1) is 0 Å². The third kappa shape index (κ3) is 4.36. The molecule has 2 heteroatoms. The summed E-state index contributed by atoms with van der Waals surface area (Å²) in [6, 6.07) is 7.86. The van der Waals surface area contributed by atoms with Crippen molar-refractivity contribution in [1.29, 1.82) is 0 Å². The van der Waals surface area contributed by atoms with Crippen LogP contribution in [0.4, 0.5) is 0 Å². The largest absolute Gasteiger partial charge is 0.300 e. The van der Waals surface area contributed by atoms with Crippen LogP contribution in [-0.2, 0) is 4.79 Å². The molecule has 16 heavy (non-hydrogen) atoms. The van der Waals surface area contributed by atoms with Crippen molar-refractivity contribution in [2.24, 2.45) is 0 Å². The lowest BCUT2D eigenvalue weighted by molar-refractivity contribution is -0.117. The molecule has 0 aliphatic rings. The number of halogens is 1. The molecule has 1 aromatic rings. The van der Waals surface area contributed by atoms with Gasteiger partial charge >= 0.3 is 0 Å². The summed E-state index contributed by atoms with van der Waals surface area (Å²) in [6.07, 6.45) is 4.06. The van der Waals surface area contributed by atoms with Gasteiger partial charge in [0.05, 0.1) is 0 Å². The highest BCUT2D eigenvalue weighted by Gasteiger charge is 2.13. The third-order valence-corrected chi connectivity index (χ3v) is 3.03. The van der Waals surface area contributed by atoms with Crippen molar-refractivity contribution in [2.75, 3.05) is 0 Å². The molecule has 1 aromatic carbocycles. The van der Waals surface area contributed by atoms with Crippen LogP contribution in [0.15, 0.2) is 24.3 Å². The maximum Gasteiger partial charge on any atom is 0.130 e. The lowest BCUT2D eigenvalue weighted by atomic mass is 9.89. The first kappa shape index (κ1) is 13.2. The van der Waals surface area contributed by atoms with Crippen molar-refractivity contribution in [3.63, 3.8) is 0 Å². The Kier molecular flexibility index (Phi) is 5.54. The van der Waals surface area contributed by atoms with Gasteiger partial charge in [-0.25, -0.2) is 0 Å². The number of carbonyl (C=O) groups excluding carboxylic acids is 1. The van der Waals surface area contributed by atoms with Crippen LogP contribution >= 0.6 is 11.6 Å². The first-order valence-corrected chi connectivity index (χ1v) is 6.26. The van der Waals surface area contributed by atoms with E-state index >= 15 is 0 Å². The second kappa shape index (κ2) is 6.70. The number of benzene rings is 1. The van der Waals surface area contributed by atoms with Gasteiger partial charge in [-0.2, -0.15) is 0 Å². The SMILES string of the molecule is CCCC[C@H](CC(C)=O)c1ccc(Cl)cc1. The predicted molar refractivity (Wildman–Crippen MR) is 69.0 cm³/mol. The average Bonchev–Trinajstić information content (AvgIpc) is 2.25. The van der Waals surface area contributed by atoms with Crippen LogP contribution in [-0.4, -0.2) is 5.78 Å². The molecule has 0 aliphatic heterocycles. The van der Waals surface area contributed by atoms with E-state index in [1.807, 2.05) is 24.3 Å². The third-order valence-electron chi connectivity index (χ3n) is 2.78. The van der Waals surface area contributed by atoms with Crippen LogP contribution in [0.1, 0.15) is 51.0 Å². The van der Waals surface area contributed by atoms with Gasteiger partial charge in [0.25, 0.3) is 0 Å². The summed E-state index contributed by atoms with van der Waals surface area (Å²) < 4.78 is 0. The summed E-state index contributed by atoms with van der Waals surface area (Å²) in [5.74, 6) is 0.616. The summed E-state index contributed by atoms with van der Waals surface area (Å²) in [5.41, 5.74) is 1.23. The maximum atomic E-state index is 11.2. The number of carbonyl (C=O) groups is 1. The molecule has 0 bridgehead atoms. The van der Waals surface area contributed by atoms with E-state index in [1.54, 1.807) is 6.92 Å². The van der Waals surface area contributed by atoms with Gasteiger partial charge in [-0.3, -0.25) is 0 Å². The van der Waals surface area contributed by atoms with Crippen molar-refractivity contribution in [2.45, 2.75) is 45.4 Å². The summed E-state index contributed by atoms with van der Waals surface area (Å²) in [4.78, 5) is 11.2. The first-order chi connectivity index (χ1) is 7.63. The van der Waals surface area contributed by atoms with E-state index in [0.717, 1.165) is 11.4 Å². The molecular formula is C14H19ClO. The fourth-order valence-electron chi connectivity index (χ4n) is 1.92. The molecule has 0 spiro atoms. The van der Waals surface area contributed by atoms with E-state index in [9.17, 15) is 4.79 Å². The minimum Gasteiger partial charge on any atom is -0.300 e. The molecular weight excluding hydrogens is 220 g/mol. The van der Waals surface area contributed by atoms with E-state index < -0.39 is 0 Å². The molecule has 88 valence electrons. The second-order valence-corrected chi connectivity index (χ2v) is 4.73. The van der Waals surface area contributed by atoms with Crippen LogP contribution in [0.2, 0.25) is 5.02 Å². The van der Waals surface area contributed by atoms with E-state index in [0.29, 0.717) is 12.3 Å². The maximum absolute atomic E-state index is 11.2. The van der Waals surface area contributed by atoms with Crippen molar-refractivity contribution in [1.82, 2.24) is 0 Å². The Balaban J connectivity index is 2.74.